The van der Waals surface area contributed by atoms with Crippen LogP contribution in [0.3, 0.4) is 0 Å². The minimum Gasteiger partial charge on any atom is -0.375 e. The fourth-order valence-corrected chi connectivity index (χ4v) is 2.65. The second-order valence-corrected chi connectivity index (χ2v) is 6.27. The van der Waals surface area contributed by atoms with Crippen molar-refractivity contribution in [2.75, 3.05) is 30.4 Å². The van der Waals surface area contributed by atoms with Crippen molar-refractivity contribution in [3.8, 4) is 0 Å². The zero-order valence-corrected chi connectivity index (χ0v) is 23.4. The highest BCUT2D eigenvalue weighted by atomic mass is 16.8. The Kier molecular flexibility index (Phi) is 27.3. The van der Waals surface area contributed by atoms with E-state index < -0.39 is 0 Å². The molecule has 0 aromatic heterocycles. The zero-order valence-electron chi connectivity index (χ0n) is 23.4. The summed E-state index contributed by atoms with van der Waals surface area (Å²) >= 11 is 0. The molecular formula is C28H52N3O2+. The summed E-state index contributed by atoms with van der Waals surface area (Å²) in [5.74, 6) is 0. The topological polar surface area (TPSA) is 44.6 Å². The molecule has 2 rings (SSSR count). The highest BCUT2D eigenvalue weighted by Crippen LogP contribution is 2.30. The van der Waals surface area contributed by atoms with Crippen molar-refractivity contribution in [1.82, 2.24) is 0 Å². The predicted molar refractivity (Wildman–Crippen MR) is 149 cm³/mol. The summed E-state index contributed by atoms with van der Waals surface area (Å²) in [6, 6.07) is 15.9. The van der Waals surface area contributed by atoms with Crippen LogP contribution in [0.15, 0.2) is 48.5 Å². The van der Waals surface area contributed by atoms with Crippen molar-refractivity contribution in [3.63, 3.8) is 0 Å². The third kappa shape index (κ3) is 15.0. The highest BCUT2D eigenvalue weighted by Gasteiger charge is 2.22. The minimum absolute atomic E-state index is 0.477. The molecule has 0 aliphatic heterocycles. The Morgan fingerprint density at radius 1 is 0.879 bits per heavy atom. The van der Waals surface area contributed by atoms with Gasteiger partial charge < -0.3 is 10.2 Å². The molecule has 0 unspecified atom stereocenters. The van der Waals surface area contributed by atoms with Gasteiger partial charge in [0, 0.05) is 31.4 Å². The van der Waals surface area contributed by atoms with Crippen molar-refractivity contribution in [3.05, 3.63) is 59.0 Å². The van der Waals surface area contributed by atoms with Crippen LogP contribution >= 0.6 is 0 Å². The number of anilines is 2. The number of benzene rings is 2. The molecule has 2 aromatic rings. The van der Waals surface area contributed by atoms with E-state index in [9.17, 15) is 4.91 Å². The molecule has 0 atom stereocenters. The van der Waals surface area contributed by atoms with Gasteiger partial charge in [-0.25, -0.2) is 4.84 Å². The fourth-order valence-electron chi connectivity index (χ4n) is 2.65. The maximum Gasteiger partial charge on any atom is 0.339 e. The van der Waals surface area contributed by atoms with E-state index in [4.69, 9.17) is 4.84 Å². The molecule has 0 bridgehead atoms. The number of hydrogen-bond donors (Lipinski definition) is 1. The van der Waals surface area contributed by atoms with Crippen LogP contribution in [-0.2, 0) is 11.4 Å². The lowest BCUT2D eigenvalue weighted by atomic mass is 10.2. The Morgan fingerprint density at radius 3 is 1.88 bits per heavy atom. The molecule has 0 saturated carbocycles. The van der Waals surface area contributed by atoms with E-state index in [-0.39, 0.29) is 0 Å². The molecule has 0 amide bonds. The fraction of sp³-hybridized carbons (Fsp3) is 0.571. The van der Waals surface area contributed by atoms with Gasteiger partial charge in [-0.05, 0) is 31.0 Å². The van der Waals surface area contributed by atoms with E-state index in [0.717, 1.165) is 36.4 Å². The van der Waals surface area contributed by atoms with Gasteiger partial charge in [0.1, 0.15) is 5.69 Å². The Morgan fingerprint density at radius 2 is 1.42 bits per heavy atom. The van der Waals surface area contributed by atoms with E-state index >= 15 is 0 Å². The van der Waals surface area contributed by atoms with Gasteiger partial charge in [0.05, 0.1) is 4.91 Å². The molecule has 0 fully saturated rings. The van der Waals surface area contributed by atoms with Crippen molar-refractivity contribution in [2.24, 2.45) is 0 Å². The summed E-state index contributed by atoms with van der Waals surface area (Å²) in [6.45, 7) is 23.1. The standard InChI is InChI=1S/C19H26N3O2.C3H8.3C2H6/c1-4-13-21(5-2)17-11-12-19(22(23)24-3)18(14-17)20-15-16-9-7-6-8-10-16;1-3-2;3*1-2/h6-12,14,20H,4-5,13,15H2,1-3H3;3H2,1-2H3;3*1-2H3/q+1;;;;. The summed E-state index contributed by atoms with van der Waals surface area (Å²) in [7, 11) is 1.37. The SMILES string of the molecule is CC.CC.CC.CCC.CCCN(CC)c1ccc([N+](=O)OC)c(NCc2ccccc2)c1. The first-order valence-electron chi connectivity index (χ1n) is 12.8. The number of nitrogens with zero attached hydrogens (tertiary/aromatic N) is 2. The number of nitrogens with one attached hydrogen (secondary N) is 1. The van der Waals surface area contributed by atoms with Crippen LogP contribution in [0.4, 0.5) is 17.1 Å². The largest absolute Gasteiger partial charge is 0.375 e. The Balaban J connectivity index is -0.000000882. The van der Waals surface area contributed by atoms with Crippen molar-refractivity contribution in [1.29, 1.82) is 0 Å². The smallest absolute Gasteiger partial charge is 0.339 e. The third-order valence-electron chi connectivity index (χ3n) is 3.91. The average molecular weight is 463 g/mol. The molecule has 0 aliphatic carbocycles. The Hall–Kier alpha value is -2.56. The number of rotatable bonds is 9. The second kappa shape index (κ2) is 25.7. The third-order valence-corrected chi connectivity index (χ3v) is 3.91. The highest BCUT2D eigenvalue weighted by molar-refractivity contribution is 5.69. The summed E-state index contributed by atoms with van der Waals surface area (Å²) < 4.78 is 0. The summed E-state index contributed by atoms with van der Waals surface area (Å²) in [6.07, 6.45) is 2.33. The molecule has 1 N–H and O–H groups in total. The van der Waals surface area contributed by atoms with E-state index in [1.54, 1.807) is 6.07 Å². The summed E-state index contributed by atoms with van der Waals surface area (Å²) in [5, 5.41) is 3.36. The van der Waals surface area contributed by atoms with E-state index in [2.05, 4.69) is 50.0 Å². The molecule has 190 valence electrons. The molecule has 5 heteroatoms. The minimum atomic E-state index is 0.477. The van der Waals surface area contributed by atoms with E-state index in [0.29, 0.717) is 17.2 Å². The van der Waals surface area contributed by atoms with Crippen LogP contribution in [0.5, 0.6) is 0 Å². The number of hydrogen-bond acceptors (Lipinski definition) is 4. The van der Waals surface area contributed by atoms with Crippen LogP contribution in [0.2, 0.25) is 0 Å². The van der Waals surface area contributed by atoms with Gasteiger partial charge >= 0.3 is 5.69 Å². The van der Waals surface area contributed by atoms with Gasteiger partial charge in [0.15, 0.2) is 7.11 Å². The van der Waals surface area contributed by atoms with Gasteiger partial charge in [-0.15, -0.1) is 0 Å². The quantitative estimate of drug-likeness (QED) is 0.378. The second-order valence-electron chi connectivity index (χ2n) is 6.27. The van der Waals surface area contributed by atoms with Crippen LogP contribution in [0.25, 0.3) is 0 Å². The van der Waals surface area contributed by atoms with Gasteiger partial charge in [-0.2, -0.15) is 0 Å². The van der Waals surface area contributed by atoms with Crippen molar-refractivity contribution >= 4 is 17.1 Å². The predicted octanol–water partition coefficient (Wildman–Crippen LogP) is 9.00. The normalized spacial score (nSPS) is 8.58. The van der Waals surface area contributed by atoms with Crippen LogP contribution in [0, 0.1) is 4.91 Å². The monoisotopic (exact) mass is 462 g/mol. The van der Waals surface area contributed by atoms with E-state index in [1.165, 1.54) is 13.5 Å². The lowest BCUT2D eigenvalue weighted by molar-refractivity contribution is -0.736. The van der Waals surface area contributed by atoms with Crippen molar-refractivity contribution in [2.45, 2.75) is 88.6 Å². The lowest BCUT2D eigenvalue weighted by Gasteiger charge is -2.23. The maximum atomic E-state index is 12.0. The average Bonchev–Trinajstić information content (AvgIpc) is 2.90. The summed E-state index contributed by atoms with van der Waals surface area (Å²) in [4.78, 5) is 19.6. The molecule has 0 saturated heterocycles. The molecule has 2 aromatic carbocycles. The van der Waals surface area contributed by atoms with Gasteiger partial charge in [-0.3, -0.25) is 0 Å². The van der Waals surface area contributed by atoms with Crippen LogP contribution in [0.1, 0.15) is 87.6 Å². The molecule has 5 nitrogen and oxygen atoms in total. The van der Waals surface area contributed by atoms with Gasteiger partial charge in [0.25, 0.3) is 4.92 Å². The van der Waals surface area contributed by atoms with Gasteiger partial charge in [0.2, 0.25) is 0 Å². The lowest BCUT2D eigenvalue weighted by Crippen LogP contribution is -2.23. The molecule has 33 heavy (non-hydrogen) atoms. The first-order valence-corrected chi connectivity index (χ1v) is 12.8. The maximum absolute atomic E-state index is 12.0. The zero-order chi connectivity index (χ0) is 26.1. The first-order chi connectivity index (χ1) is 16.1. The molecular weight excluding hydrogens is 410 g/mol. The molecule has 0 aliphatic rings. The van der Waals surface area contributed by atoms with Crippen LogP contribution in [-0.4, -0.2) is 25.1 Å². The molecule has 0 spiro atoms. The Labute approximate surface area is 205 Å². The van der Waals surface area contributed by atoms with Crippen LogP contribution < -0.4 is 10.2 Å². The Bertz CT molecular complexity index is 676. The molecule has 0 radical (unpaired) electrons. The van der Waals surface area contributed by atoms with E-state index in [1.807, 2.05) is 71.9 Å². The summed E-state index contributed by atoms with van der Waals surface area (Å²) in [5.41, 5.74) is 3.50. The first kappa shape index (κ1) is 35.0. The molecule has 0 heterocycles. The van der Waals surface area contributed by atoms with Crippen molar-refractivity contribution < 1.29 is 9.76 Å². The van der Waals surface area contributed by atoms with Gasteiger partial charge in [-0.1, -0.05) is 99.1 Å².